The van der Waals surface area contributed by atoms with Crippen LogP contribution in [-0.4, -0.2) is 29.2 Å². The summed E-state index contributed by atoms with van der Waals surface area (Å²) in [6, 6.07) is 0. The van der Waals surface area contributed by atoms with Crippen LogP contribution in [0.15, 0.2) is 12.2 Å². The summed E-state index contributed by atoms with van der Waals surface area (Å²) in [5.74, 6) is 0.441. The quantitative estimate of drug-likeness (QED) is 0.584. The zero-order valence-corrected chi connectivity index (χ0v) is 6.66. The molecule has 1 amide bonds. The maximum Gasteiger partial charge on any atom is 0.407 e. The minimum absolute atomic E-state index is 0.441. The number of nitrogens with zero attached hydrogens (tertiary/aromatic N) is 1. The molecule has 0 radical (unpaired) electrons. The number of allylic oxidation sites excluding steroid dienone is 1. The Morgan fingerprint density at radius 2 is 2.45 bits per heavy atom. The summed E-state index contributed by atoms with van der Waals surface area (Å²) in [7, 11) is 0. The highest BCUT2D eigenvalue weighted by molar-refractivity contribution is 5.65. The fourth-order valence-corrected chi connectivity index (χ4v) is 1.39. The van der Waals surface area contributed by atoms with Gasteiger partial charge in [0.25, 0.3) is 0 Å². The van der Waals surface area contributed by atoms with Gasteiger partial charge in [-0.2, -0.15) is 0 Å². The summed E-state index contributed by atoms with van der Waals surface area (Å²) in [6.07, 6.45) is 4.23. The molecule has 1 atom stereocenters. The van der Waals surface area contributed by atoms with E-state index in [4.69, 9.17) is 5.11 Å². The van der Waals surface area contributed by atoms with Gasteiger partial charge in [-0.25, -0.2) is 4.79 Å². The van der Waals surface area contributed by atoms with Crippen LogP contribution < -0.4 is 0 Å². The van der Waals surface area contributed by atoms with Crippen LogP contribution in [-0.2, 0) is 0 Å². The molecule has 3 nitrogen and oxygen atoms in total. The second-order valence-electron chi connectivity index (χ2n) is 2.80. The van der Waals surface area contributed by atoms with E-state index in [1.807, 2.05) is 13.0 Å². The first-order valence-electron chi connectivity index (χ1n) is 3.84. The number of hydrogen-bond acceptors (Lipinski definition) is 1. The highest BCUT2D eigenvalue weighted by Crippen LogP contribution is 2.16. The van der Waals surface area contributed by atoms with Crippen molar-refractivity contribution in [2.75, 3.05) is 13.1 Å². The van der Waals surface area contributed by atoms with Crippen LogP contribution in [0.2, 0.25) is 0 Å². The Morgan fingerprint density at radius 3 is 2.91 bits per heavy atom. The van der Waals surface area contributed by atoms with Gasteiger partial charge in [0.15, 0.2) is 0 Å². The van der Waals surface area contributed by atoms with Crippen LogP contribution in [0.1, 0.15) is 13.3 Å². The number of carbonyl (C=O) groups is 1. The summed E-state index contributed by atoms with van der Waals surface area (Å²) in [6.45, 7) is 3.31. The topological polar surface area (TPSA) is 40.5 Å². The molecule has 0 aromatic carbocycles. The number of rotatable bonds is 1. The maximum absolute atomic E-state index is 10.5. The van der Waals surface area contributed by atoms with Crippen molar-refractivity contribution in [3.63, 3.8) is 0 Å². The molecule has 1 fully saturated rings. The molecule has 1 N–H and O–H groups in total. The molecule has 1 aliphatic rings. The highest BCUT2D eigenvalue weighted by atomic mass is 16.4. The van der Waals surface area contributed by atoms with Crippen molar-refractivity contribution >= 4 is 6.09 Å². The van der Waals surface area contributed by atoms with E-state index >= 15 is 0 Å². The second-order valence-corrected chi connectivity index (χ2v) is 2.80. The van der Waals surface area contributed by atoms with Crippen molar-refractivity contribution in [3.05, 3.63) is 12.2 Å². The molecule has 1 saturated heterocycles. The van der Waals surface area contributed by atoms with E-state index in [0.717, 1.165) is 6.42 Å². The third kappa shape index (κ3) is 1.97. The highest BCUT2D eigenvalue weighted by Gasteiger charge is 2.23. The summed E-state index contributed by atoms with van der Waals surface area (Å²) < 4.78 is 0. The monoisotopic (exact) mass is 155 g/mol. The molecule has 0 saturated carbocycles. The van der Waals surface area contributed by atoms with Crippen molar-refractivity contribution < 1.29 is 9.90 Å². The minimum Gasteiger partial charge on any atom is -0.465 e. The Labute approximate surface area is 66.3 Å². The van der Waals surface area contributed by atoms with Crippen LogP contribution in [0.3, 0.4) is 0 Å². The van der Waals surface area contributed by atoms with Crippen LogP contribution in [0.4, 0.5) is 4.79 Å². The van der Waals surface area contributed by atoms with E-state index < -0.39 is 6.09 Å². The molecule has 62 valence electrons. The summed E-state index contributed by atoms with van der Waals surface area (Å²) in [5, 5.41) is 8.60. The van der Waals surface area contributed by atoms with Crippen LogP contribution >= 0.6 is 0 Å². The Bertz CT molecular complexity index is 177. The molecular formula is C8H13NO2. The van der Waals surface area contributed by atoms with E-state index in [2.05, 4.69) is 6.08 Å². The maximum atomic E-state index is 10.5. The van der Waals surface area contributed by atoms with Gasteiger partial charge in [0, 0.05) is 13.1 Å². The number of amides is 1. The average Bonchev–Trinajstić information content (AvgIpc) is 2.37. The van der Waals surface area contributed by atoms with Gasteiger partial charge in [-0.05, 0) is 19.3 Å². The van der Waals surface area contributed by atoms with Gasteiger partial charge < -0.3 is 10.0 Å². The fraction of sp³-hybridized carbons (Fsp3) is 0.625. The van der Waals surface area contributed by atoms with E-state index in [0.29, 0.717) is 19.0 Å². The molecule has 1 heterocycles. The lowest BCUT2D eigenvalue weighted by Crippen LogP contribution is -2.26. The smallest absolute Gasteiger partial charge is 0.407 e. The molecule has 0 bridgehead atoms. The predicted molar refractivity (Wildman–Crippen MR) is 42.5 cm³/mol. The molecule has 0 aromatic heterocycles. The van der Waals surface area contributed by atoms with Crippen molar-refractivity contribution in [1.29, 1.82) is 0 Å². The van der Waals surface area contributed by atoms with Crippen molar-refractivity contribution in [1.82, 2.24) is 4.90 Å². The molecule has 11 heavy (non-hydrogen) atoms. The molecule has 1 unspecified atom stereocenters. The first-order chi connectivity index (χ1) is 5.24. The van der Waals surface area contributed by atoms with Gasteiger partial charge in [-0.15, -0.1) is 0 Å². The van der Waals surface area contributed by atoms with Crippen molar-refractivity contribution in [2.45, 2.75) is 13.3 Å². The number of likely N-dealkylation sites (tertiary alicyclic amines) is 1. The minimum atomic E-state index is -0.794. The first kappa shape index (κ1) is 8.11. The van der Waals surface area contributed by atoms with Gasteiger partial charge in [-0.3, -0.25) is 0 Å². The largest absolute Gasteiger partial charge is 0.465 e. The zero-order chi connectivity index (χ0) is 8.27. The summed E-state index contributed by atoms with van der Waals surface area (Å²) >= 11 is 0. The molecule has 1 aliphatic heterocycles. The molecule has 0 spiro atoms. The van der Waals surface area contributed by atoms with Gasteiger partial charge in [0.05, 0.1) is 0 Å². The van der Waals surface area contributed by atoms with E-state index in [-0.39, 0.29) is 0 Å². The Kier molecular flexibility index (Phi) is 2.52. The lowest BCUT2D eigenvalue weighted by Gasteiger charge is -2.09. The van der Waals surface area contributed by atoms with Crippen molar-refractivity contribution in [3.8, 4) is 0 Å². The zero-order valence-electron chi connectivity index (χ0n) is 6.66. The van der Waals surface area contributed by atoms with Crippen LogP contribution in [0, 0.1) is 5.92 Å². The fourth-order valence-electron chi connectivity index (χ4n) is 1.39. The SMILES string of the molecule is C/C=C\C1CCN(C(=O)O)C1. The van der Waals surface area contributed by atoms with Gasteiger partial charge in [0.2, 0.25) is 0 Å². The standard InChI is InChI=1S/C8H13NO2/c1-2-3-7-4-5-9(6-7)8(10)11/h2-3,7H,4-6H2,1H3,(H,10,11)/b3-2-. The third-order valence-corrected chi connectivity index (χ3v) is 1.96. The molecule has 0 aliphatic carbocycles. The molecule has 0 aromatic rings. The molecule has 1 rings (SSSR count). The Hall–Kier alpha value is -0.990. The average molecular weight is 155 g/mol. The molecular weight excluding hydrogens is 142 g/mol. The van der Waals surface area contributed by atoms with E-state index in [1.165, 1.54) is 4.90 Å². The lowest BCUT2D eigenvalue weighted by atomic mass is 10.1. The van der Waals surface area contributed by atoms with Crippen LogP contribution in [0.25, 0.3) is 0 Å². The predicted octanol–water partition coefficient (Wildman–Crippen LogP) is 1.56. The number of hydrogen-bond donors (Lipinski definition) is 1. The lowest BCUT2D eigenvalue weighted by molar-refractivity contribution is 0.155. The van der Waals surface area contributed by atoms with Crippen molar-refractivity contribution in [2.24, 2.45) is 5.92 Å². The van der Waals surface area contributed by atoms with Gasteiger partial charge in [-0.1, -0.05) is 12.2 Å². The first-order valence-corrected chi connectivity index (χ1v) is 3.84. The van der Waals surface area contributed by atoms with Gasteiger partial charge in [0.1, 0.15) is 0 Å². The summed E-state index contributed by atoms with van der Waals surface area (Å²) in [5.41, 5.74) is 0. The van der Waals surface area contributed by atoms with E-state index in [1.54, 1.807) is 0 Å². The third-order valence-electron chi connectivity index (χ3n) is 1.96. The number of carboxylic acid groups (broad SMARTS) is 1. The second kappa shape index (κ2) is 3.42. The Balaban J connectivity index is 2.40. The molecule has 3 heteroatoms. The van der Waals surface area contributed by atoms with E-state index in [9.17, 15) is 4.79 Å². The normalized spacial score (nSPS) is 24.8. The van der Waals surface area contributed by atoms with Crippen LogP contribution in [0.5, 0.6) is 0 Å². The Morgan fingerprint density at radius 1 is 1.73 bits per heavy atom. The van der Waals surface area contributed by atoms with Gasteiger partial charge >= 0.3 is 6.09 Å². The summed E-state index contributed by atoms with van der Waals surface area (Å²) in [4.78, 5) is 11.9.